The molecule has 1 atom stereocenters. The third kappa shape index (κ3) is 5.59. The maximum atomic E-state index is 13.9. The monoisotopic (exact) mass is 458 g/mol. The highest BCUT2D eigenvalue weighted by molar-refractivity contribution is 6.33. The van der Waals surface area contributed by atoms with Crippen molar-refractivity contribution in [2.45, 2.75) is 51.1 Å². The molecular formula is C25H32ClFN4O. The molecule has 1 amide bonds. The van der Waals surface area contributed by atoms with Gasteiger partial charge in [0, 0.05) is 44.1 Å². The van der Waals surface area contributed by atoms with Gasteiger partial charge >= 0.3 is 0 Å². The fourth-order valence-corrected chi connectivity index (χ4v) is 5.27. The number of pyridine rings is 1. The molecule has 1 unspecified atom stereocenters. The molecule has 1 N–H and O–H groups in total. The van der Waals surface area contributed by atoms with E-state index in [4.69, 9.17) is 11.6 Å². The van der Waals surface area contributed by atoms with E-state index >= 15 is 0 Å². The highest BCUT2D eigenvalue weighted by Gasteiger charge is 2.27. The fraction of sp³-hybridized carbons (Fsp3) is 0.520. The Morgan fingerprint density at radius 3 is 2.72 bits per heavy atom. The van der Waals surface area contributed by atoms with Crippen LogP contribution >= 0.6 is 11.6 Å². The molecule has 2 fully saturated rings. The second-order valence-corrected chi connectivity index (χ2v) is 9.52. The Balaban J connectivity index is 1.19. The van der Waals surface area contributed by atoms with Gasteiger partial charge in [-0.2, -0.15) is 0 Å². The molecule has 2 aromatic rings. The van der Waals surface area contributed by atoms with Crippen LogP contribution in [-0.2, 0) is 0 Å². The molecule has 1 saturated carbocycles. The summed E-state index contributed by atoms with van der Waals surface area (Å²) in [5.41, 5.74) is 1.42. The van der Waals surface area contributed by atoms with Crippen molar-refractivity contribution >= 4 is 23.2 Å². The quantitative estimate of drug-likeness (QED) is 0.677. The molecule has 0 spiro atoms. The van der Waals surface area contributed by atoms with E-state index in [0.717, 1.165) is 57.5 Å². The lowest BCUT2D eigenvalue weighted by atomic mass is 9.84. The van der Waals surface area contributed by atoms with Crippen LogP contribution in [0.25, 0.3) is 0 Å². The SMILES string of the molecule is CC1CN(CCC2CCC(NC(=O)c3cccnc3)CC2)CCN1c1cccc(F)c1Cl. The maximum absolute atomic E-state index is 13.9. The molecule has 2 aliphatic rings. The van der Waals surface area contributed by atoms with E-state index in [0.29, 0.717) is 17.5 Å². The molecule has 0 bridgehead atoms. The molecule has 2 heterocycles. The van der Waals surface area contributed by atoms with Gasteiger partial charge in [-0.05, 0) is 75.8 Å². The molecule has 1 aromatic carbocycles. The zero-order valence-electron chi connectivity index (χ0n) is 18.6. The number of rotatable bonds is 6. The van der Waals surface area contributed by atoms with Crippen molar-refractivity contribution in [2.75, 3.05) is 31.1 Å². The van der Waals surface area contributed by atoms with Gasteiger partial charge in [0.1, 0.15) is 5.82 Å². The van der Waals surface area contributed by atoms with Crippen LogP contribution in [0.5, 0.6) is 0 Å². The Kier molecular flexibility index (Phi) is 7.63. The first kappa shape index (κ1) is 23.0. The molecule has 32 heavy (non-hydrogen) atoms. The second-order valence-electron chi connectivity index (χ2n) is 9.14. The van der Waals surface area contributed by atoms with E-state index in [1.165, 1.54) is 12.5 Å². The Morgan fingerprint density at radius 2 is 2.00 bits per heavy atom. The summed E-state index contributed by atoms with van der Waals surface area (Å²) in [6.07, 6.45) is 8.89. The minimum Gasteiger partial charge on any atom is -0.365 e. The number of nitrogens with zero attached hydrogens (tertiary/aromatic N) is 3. The highest BCUT2D eigenvalue weighted by Crippen LogP contribution is 2.32. The number of anilines is 1. The van der Waals surface area contributed by atoms with Crippen LogP contribution < -0.4 is 10.2 Å². The molecule has 4 rings (SSSR count). The number of amides is 1. The third-order valence-electron chi connectivity index (χ3n) is 6.91. The van der Waals surface area contributed by atoms with Crippen LogP contribution in [0.3, 0.4) is 0 Å². The zero-order valence-corrected chi connectivity index (χ0v) is 19.4. The first-order valence-electron chi connectivity index (χ1n) is 11.6. The van der Waals surface area contributed by atoms with Gasteiger partial charge < -0.3 is 10.2 Å². The van der Waals surface area contributed by atoms with Crippen molar-refractivity contribution < 1.29 is 9.18 Å². The predicted molar refractivity (Wildman–Crippen MR) is 127 cm³/mol. The summed E-state index contributed by atoms with van der Waals surface area (Å²) in [4.78, 5) is 21.1. The number of hydrogen-bond donors (Lipinski definition) is 1. The lowest BCUT2D eigenvalue weighted by molar-refractivity contribution is 0.0919. The zero-order chi connectivity index (χ0) is 22.5. The molecule has 1 aliphatic carbocycles. The molecular weight excluding hydrogens is 427 g/mol. The van der Waals surface area contributed by atoms with Gasteiger partial charge in [0.05, 0.1) is 16.3 Å². The molecule has 5 nitrogen and oxygen atoms in total. The number of nitrogens with one attached hydrogen (secondary N) is 1. The van der Waals surface area contributed by atoms with Crippen molar-refractivity contribution in [1.29, 1.82) is 0 Å². The summed E-state index contributed by atoms with van der Waals surface area (Å²) in [7, 11) is 0. The number of carbonyl (C=O) groups is 1. The Labute approximate surface area is 195 Å². The average Bonchev–Trinajstić information content (AvgIpc) is 2.81. The standard InChI is InChI=1S/C25H32ClFN4O/c1-18-17-30(14-15-31(18)23-6-2-5-22(27)24(23)26)13-11-19-7-9-21(10-8-19)29-25(32)20-4-3-12-28-16-20/h2-6,12,16,18-19,21H,7-11,13-15,17H2,1H3,(H,29,32). The van der Waals surface area contributed by atoms with E-state index in [1.54, 1.807) is 30.6 Å². The van der Waals surface area contributed by atoms with Crippen molar-refractivity contribution in [3.63, 3.8) is 0 Å². The molecule has 1 aromatic heterocycles. The van der Waals surface area contributed by atoms with Crippen LogP contribution in [0.1, 0.15) is 49.4 Å². The summed E-state index contributed by atoms with van der Waals surface area (Å²) >= 11 is 6.21. The van der Waals surface area contributed by atoms with E-state index in [2.05, 4.69) is 27.0 Å². The van der Waals surface area contributed by atoms with Crippen LogP contribution in [0.4, 0.5) is 10.1 Å². The fourth-order valence-electron chi connectivity index (χ4n) is 5.03. The summed E-state index contributed by atoms with van der Waals surface area (Å²) in [5, 5.41) is 3.39. The van der Waals surface area contributed by atoms with Gasteiger partial charge in [-0.1, -0.05) is 17.7 Å². The van der Waals surface area contributed by atoms with Crippen molar-refractivity contribution in [3.8, 4) is 0 Å². The van der Waals surface area contributed by atoms with Gasteiger partial charge in [0.25, 0.3) is 5.91 Å². The van der Waals surface area contributed by atoms with E-state index in [9.17, 15) is 9.18 Å². The minimum atomic E-state index is -0.356. The van der Waals surface area contributed by atoms with E-state index in [-0.39, 0.29) is 22.8 Å². The van der Waals surface area contributed by atoms with Crippen LogP contribution in [0.15, 0.2) is 42.7 Å². The second kappa shape index (κ2) is 10.6. The topological polar surface area (TPSA) is 48.5 Å². The van der Waals surface area contributed by atoms with Gasteiger partial charge in [-0.25, -0.2) is 4.39 Å². The van der Waals surface area contributed by atoms with Gasteiger partial charge in [0.2, 0.25) is 0 Å². The number of benzene rings is 1. The third-order valence-corrected chi connectivity index (χ3v) is 7.29. The first-order chi connectivity index (χ1) is 15.5. The van der Waals surface area contributed by atoms with Crippen LogP contribution in [0, 0.1) is 11.7 Å². The van der Waals surface area contributed by atoms with Gasteiger partial charge in [0.15, 0.2) is 0 Å². The summed E-state index contributed by atoms with van der Waals surface area (Å²) < 4.78 is 13.9. The lowest BCUT2D eigenvalue weighted by Gasteiger charge is -2.42. The number of hydrogen-bond acceptors (Lipinski definition) is 4. The Bertz CT molecular complexity index is 904. The maximum Gasteiger partial charge on any atom is 0.253 e. The number of piperazine rings is 1. The average molecular weight is 459 g/mol. The van der Waals surface area contributed by atoms with Crippen molar-refractivity contribution in [1.82, 2.24) is 15.2 Å². The Hall–Kier alpha value is -2.18. The summed E-state index contributed by atoms with van der Waals surface area (Å²) in [6, 6.07) is 9.19. The number of carbonyl (C=O) groups excluding carboxylic acids is 1. The minimum absolute atomic E-state index is 0.0215. The summed E-state index contributed by atoms with van der Waals surface area (Å²) in [5.74, 6) is 0.338. The smallest absolute Gasteiger partial charge is 0.253 e. The van der Waals surface area contributed by atoms with Gasteiger partial charge in [-0.3, -0.25) is 14.7 Å². The molecule has 1 aliphatic heterocycles. The van der Waals surface area contributed by atoms with Crippen molar-refractivity contribution in [3.05, 3.63) is 59.1 Å². The molecule has 172 valence electrons. The lowest BCUT2D eigenvalue weighted by Crippen LogP contribution is -2.52. The number of halogens is 2. The molecule has 0 radical (unpaired) electrons. The van der Waals surface area contributed by atoms with Crippen LogP contribution in [0.2, 0.25) is 5.02 Å². The number of aromatic nitrogens is 1. The Morgan fingerprint density at radius 1 is 1.19 bits per heavy atom. The van der Waals surface area contributed by atoms with Gasteiger partial charge in [-0.15, -0.1) is 0 Å². The van der Waals surface area contributed by atoms with Crippen LogP contribution in [-0.4, -0.2) is 54.1 Å². The molecule has 7 heteroatoms. The molecule has 1 saturated heterocycles. The first-order valence-corrected chi connectivity index (χ1v) is 12.0. The highest BCUT2D eigenvalue weighted by atomic mass is 35.5. The normalized spacial score (nSPS) is 24.3. The largest absolute Gasteiger partial charge is 0.365 e. The summed E-state index contributed by atoms with van der Waals surface area (Å²) in [6.45, 7) is 6.06. The van der Waals surface area contributed by atoms with Crippen molar-refractivity contribution in [2.24, 2.45) is 5.92 Å². The van der Waals surface area contributed by atoms with E-state index in [1.807, 2.05) is 6.07 Å². The van der Waals surface area contributed by atoms with E-state index < -0.39 is 0 Å². The predicted octanol–water partition coefficient (Wildman–Crippen LogP) is 4.76.